The Balaban J connectivity index is 1.54. The van der Waals surface area contributed by atoms with Crippen LogP contribution in [0.3, 0.4) is 0 Å². The molecule has 0 aliphatic rings. The number of aromatic nitrogens is 3. The first-order valence-corrected chi connectivity index (χ1v) is 10.5. The van der Waals surface area contributed by atoms with E-state index in [0.29, 0.717) is 29.7 Å². The van der Waals surface area contributed by atoms with Crippen molar-refractivity contribution in [1.82, 2.24) is 19.4 Å². The number of rotatable bonds is 7. The fraction of sp³-hybridized carbons (Fsp3) is 0.250. The molecule has 3 aromatic heterocycles. The van der Waals surface area contributed by atoms with Crippen molar-refractivity contribution in [2.24, 2.45) is 0 Å². The summed E-state index contributed by atoms with van der Waals surface area (Å²) in [7, 11) is 0. The maximum atomic E-state index is 12.7. The van der Waals surface area contributed by atoms with E-state index in [0.717, 1.165) is 11.3 Å². The highest BCUT2D eigenvalue weighted by atomic mass is 16.3. The van der Waals surface area contributed by atoms with Crippen LogP contribution in [0.25, 0.3) is 11.2 Å². The summed E-state index contributed by atoms with van der Waals surface area (Å²) >= 11 is 0. The smallest absolute Gasteiger partial charge is 0.318 e. The summed E-state index contributed by atoms with van der Waals surface area (Å²) in [5, 5.41) is 2.95. The highest BCUT2D eigenvalue weighted by Crippen LogP contribution is 2.12. The van der Waals surface area contributed by atoms with E-state index >= 15 is 0 Å². The van der Waals surface area contributed by atoms with Crippen LogP contribution in [0.4, 0.5) is 0 Å². The number of carbonyl (C=O) groups is 1. The Morgan fingerprint density at radius 1 is 1.06 bits per heavy atom. The lowest BCUT2D eigenvalue weighted by Gasteiger charge is -2.14. The first-order valence-electron chi connectivity index (χ1n) is 10.5. The Kier molecular flexibility index (Phi) is 6.02. The van der Waals surface area contributed by atoms with Gasteiger partial charge in [-0.05, 0) is 55.8 Å². The largest absolute Gasteiger partial charge is 0.469 e. The van der Waals surface area contributed by atoms with Gasteiger partial charge < -0.3 is 9.73 Å². The van der Waals surface area contributed by atoms with Crippen LogP contribution >= 0.6 is 0 Å². The zero-order chi connectivity index (χ0) is 22.7. The number of nitrogens with one attached hydrogen (secondary N) is 1. The highest BCUT2D eigenvalue weighted by Gasteiger charge is 2.14. The third-order valence-corrected chi connectivity index (χ3v) is 5.32. The fourth-order valence-corrected chi connectivity index (χ4v) is 3.73. The number of fused-ring (bicyclic) bond motifs is 1. The van der Waals surface area contributed by atoms with Crippen LogP contribution in [0.15, 0.2) is 75.0 Å². The number of benzene rings is 1. The standard InChI is InChI=1S/C24H24N4O4/c1-3-27-21-20(7-4-12-25-21)28(24(31)23(27)30)15-17-8-10-18(11-9-17)22(29)26-16(2)14-19-6-5-13-32-19/h4-13,16H,3,14-15H2,1-2H3,(H,26,29). The lowest BCUT2D eigenvalue weighted by atomic mass is 10.1. The molecule has 0 bridgehead atoms. The molecular formula is C24H24N4O4. The van der Waals surface area contributed by atoms with Crippen LogP contribution in [0, 0.1) is 0 Å². The van der Waals surface area contributed by atoms with E-state index in [2.05, 4.69) is 10.3 Å². The van der Waals surface area contributed by atoms with Crippen LogP contribution in [0.5, 0.6) is 0 Å². The molecule has 1 aromatic carbocycles. The molecule has 1 N–H and O–H groups in total. The number of aryl methyl sites for hydroxylation is 1. The van der Waals surface area contributed by atoms with Gasteiger partial charge >= 0.3 is 11.1 Å². The van der Waals surface area contributed by atoms with Crippen molar-refractivity contribution in [3.8, 4) is 0 Å². The predicted molar refractivity (Wildman–Crippen MR) is 121 cm³/mol. The summed E-state index contributed by atoms with van der Waals surface area (Å²) in [5.74, 6) is 0.623. The third kappa shape index (κ3) is 4.25. The van der Waals surface area contributed by atoms with Crippen molar-refractivity contribution < 1.29 is 9.21 Å². The molecule has 32 heavy (non-hydrogen) atoms. The molecule has 8 heteroatoms. The molecule has 0 radical (unpaired) electrons. The number of pyridine rings is 1. The Morgan fingerprint density at radius 3 is 2.50 bits per heavy atom. The molecule has 1 amide bonds. The average molecular weight is 432 g/mol. The van der Waals surface area contributed by atoms with Crippen molar-refractivity contribution in [2.75, 3.05) is 0 Å². The van der Waals surface area contributed by atoms with E-state index in [4.69, 9.17) is 4.42 Å². The lowest BCUT2D eigenvalue weighted by molar-refractivity contribution is 0.0939. The first kappa shape index (κ1) is 21.3. The van der Waals surface area contributed by atoms with Crippen LogP contribution in [0.1, 0.15) is 35.5 Å². The maximum absolute atomic E-state index is 12.7. The fourth-order valence-electron chi connectivity index (χ4n) is 3.73. The molecule has 0 aliphatic heterocycles. The SMILES string of the molecule is CCn1c(=O)c(=O)n(Cc2ccc(C(=O)NC(C)Cc3ccco3)cc2)c2cccnc21. The number of carbonyl (C=O) groups excluding carboxylic acids is 1. The van der Waals surface area contributed by atoms with Crippen LogP contribution < -0.4 is 16.4 Å². The topological polar surface area (TPSA) is 99.1 Å². The van der Waals surface area contributed by atoms with Crippen LogP contribution in [-0.4, -0.2) is 26.1 Å². The summed E-state index contributed by atoms with van der Waals surface area (Å²) in [6.07, 6.45) is 3.81. The number of hydrogen-bond donors (Lipinski definition) is 1. The van der Waals surface area contributed by atoms with E-state index in [9.17, 15) is 14.4 Å². The zero-order valence-corrected chi connectivity index (χ0v) is 17.9. The predicted octanol–water partition coefficient (Wildman–Crippen LogP) is 2.58. The Labute approximate surface area is 184 Å². The van der Waals surface area contributed by atoms with Gasteiger partial charge in [-0.3, -0.25) is 23.5 Å². The minimum absolute atomic E-state index is 0.0872. The normalized spacial score (nSPS) is 12.1. The second-order valence-electron chi connectivity index (χ2n) is 7.64. The minimum Gasteiger partial charge on any atom is -0.469 e. The molecule has 3 heterocycles. The van der Waals surface area contributed by atoms with E-state index in [1.54, 1.807) is 55.8 Å². The molecule has 8 nitrogen and oxygen atoms in total. The van der Waals surface area contributed by atoms with Gasteiger partial charge in [0.25, 0.3) is 5.91 Å². The second kappa shape index (κ2) is 9.05. The molecule has 1 atom stereocenters. The van der Waals surface area contributed by atoms with Gasteiger partial charge in [-0.15, -0.1) is 0 Å². The zero-order valence-electron chi connectivity index (χ0n) is 17.9. The van der Waals surface area contributed by atoms with E-state index in [1.807, 2.05) is 19.1 Å². The maximum Gasteiger partial charge on any atom is 0.318 e. The molecule has 164 valence electrons. The molecule has 0 saturated heterocycles. The number of furan rings is 1. The number of amides is 1. The van der Waals surface area contributed by atoms with Gasteiger partial charge in [0, 0.05) is 30.8 Å². The highest BCUT2D eigenvalue weighted by molar-refractivity contribution is 5.94. The van der Waals surface area contributed by atoms with E-state index < -0.39 is 11.1 Å². The monoisotopic (exact) mass is 432 g/mol. The van der Waals surface area contributed by atoms with Crippen molar-refractivity contribution in [3.05, 3.63) is 98.6 Å². The van der Waals surface area contributed by atoms with Gasteiger partial charge in [-0.1, -0.05) is 12.1 Å². The Hall–Kier alpha value is -3.94. The Morgan fingerprint density at radius 2 is 1.81 bits per heavy atom. The quantitative estimate of drug-likeness (QED) is 0.453. The van der Waals surface area contributed by atoms with Gasteiger partial charge in [0.2, 0.25) is 0 Å². The summed E-state index contributed by atoms with van der Waals surface area (Å²) in [4.78, 5) is 42.1. The number of hydrogen-bond acceptors (Lipinski definition) is 5. The molecule has 0 fully saturated rings. The van der Waals surface area contributed by atoms with E-state index in [1.165, 1.54) is 9.13 Å². The third-order valence-electron chi connectivity index (χ3n) is 5.32. The average Bonchev–Trinajstić information content (AvgIpc) is 3.30. The van der Waals surface area contributed by atoms with Crippen molar-refractivity contribution in [1.29, 1.82) is 0 Å². The summed E-state index contributed by atoms with van der Waals surface area (Å²) in [6, 6.07) is 14.1. The van der Waals surface area contributed by atoms with Crippen molar-refractivity contribution in [2.45, 2.75) is 39.4 Å². The summed E-state index contributed by atoms with van der Waals surface area (Å²) < 4.78 is 8.13. The summed E-state index contributed by atoms with van der Waals surface area (Å²) in [6.45, 7) is 4.29. The van der Waals surface area contributed by atoms with Gasteiger partial charge in [-0.2, -0.15) is 0 Å². The second-order valence-corrected chi connectivity index (χ2v) is 7.64. The molecule has 0 aliphatic carbocycles. The van der Waals surface area contributed by atoms with Gasteiger partial charge in [0.1, 0.15) is 5.76 Å². The number of nitrogens with zero attached hydrogens (tertiary/aromatic N) is 3. The van der Waals surface area contributed by atoms with Crippen LogP contribution in [0.2, 0.25) is 0 Å². The lowest BCUT2D eigenvalue weighted by Crippen LogP contribution is -2.41. The van der Waals surface area contributed by atoms with Gasteiger partial charge in [0.15, 0.2) is 5.65 Å². The van der Waals surface area contributed by atoms with Gasteiger partial charge in [0.05, 0.1) is 18.3 Å². The molecular weight excluding hydrogens is 408 g/mol. The first-order chi connectivity index (χ1) is 15.5. The van der Waals surface area contributed by atoms with Crippen molar-refractivity contribution >= 4 is 17.1 Å². The molecule has 0 saturated carbocycles. The molecule has 4 aromatic rings. The molecule has 4 rings (SSSR count). The molecule has 0 spiro atoms. The molecule has 1 unspecified atom stereocenters. The Bertz CT molecular complexity index is 1350. The summed E-state index contributed by atoms with van der Waals surface area (Å²) in [5.41, 5.74) is 1.18. The van der Waals surface area contributed by atoms with Crippen LogP contribution in [-0.2, 0) is 19.5 Å². The minimum atomic E-state index is -0.597. The van der Waals surface area contributed by atoms with Crippen molar-refractivity contribution in [3.63, 3.8) is 0 Å². The van der Waals surface area contributed by atoms with Gasteiger partial charge in [-0.25, -0.2) is 4.98 Å². The van der Waals surface area contributed by atoms with E-state index in [-0.39, 0.29) is 18.5 Å².